The summed E-state index contributed by atoms with van der Waals surface area (Å²) in [6.45, 7) is 5.18. The van der Waals surface area contributed by atoms with E-state index >= 15 is 0 Å². The van der Waals surface area contributed by atoms with Gasteiger partial charge in [-0.3, -0.25) is 4.90 Å². The Morgan fingerprint density at radius 2 is 2.41 bits per heavy atom. The summed E-state index contributed by atoms with van der Waals surface area (Å²) >= 11 is 1.67. The van der Waals surface area contributed by atoms with Gasteiger partial charge in [0.1, 0.15) is 5.82 Å². The van der Waals surface area contributed by atoms with E-state index in [-0.39, 0.29) is 0 Å². The molecule has 22 heavy (non-hydrogen) atoms. The van der Waals surface area contributed by atoms with Gasteiger partial charge in [-0.25, -0.2) is 9.97 Å². The van der Waals surface area contributed by atoms with Crippen LogP contribution in [0.1, 0.15) is 22.0 Å². The summed E-state index contributed by atoms with van der Waals surface area (Å²) in [4.78, 5) is 12.2. The number of nitrogens with zero attached hydrogens (tertiary/aromatic N) is 3. The number of rotatable bonds is 6. The minimum Gasteiger partial charge on any atom is -0.389 e. The Labute approximate surface area is 134 Å². The van der Waals surface area contributed by atoms with E-state index < -0.39 is 6.10 Å². The molecule has 0 fully saturated rings. The van der Waals surface area contributed by atoms with Crippen molar-refractivity contribution in [3.05, 3.63) is 45.7 Å². The Kier molecular flexibility index (Phi) is 5.15. The number of hydrogen-bond acceptors (Lipinski definition) is 6. The van der Waals surface area contributed by atoms with Crippen molar-refractivity contribution in [3.8, 4) is 0 Å². The fraction of sp³-hybridized carbons (Fsp3) is 0.500. The molecule has 3 rings (SSSR count). The number of aliphatic hydroxyl groups is 1. The van der Waals surface area contributed by atoms with E-state index in [1.807, 2.05) is 30.6 Å². The molecule has 0 spiro atoms. The molecule has 118 valence electrons. The van der Waals surface area contributed by atoms with Crippen LogP contribution in [0.3, 0.4) is 0 Å². The fourth-order valence-electron chi connectivity index (χ4n) is 2.65. The number of β-amino-alcohol motifs (C(OH)–C–C–N with tert-alkyl or cyclic N) is 1. The highest BCUT2D eigenvalue weighted by atomic mass is 32.1. The van der Waals surface area contributed by atoms with Gasteiger partial charge in [-0.15, -0.1) is 11.3 Å². The quantitative estimate of drug-likeness (QED) is 0.879. The molecule has 2 aromatic rings. The zero-order valence-electron chi connectivity index (χ0n) is 12.7. The van der Waals surface area contributed by atoms with Gasteiger partial charge in [0.05, 0.1) is 25.0 Å². The minimum absolute atomic E-state index is 0.365. The molecule has 0 saturated carbocycles. The third kappa shape index (κ3) is 4.10. The first kappa shape index (κ1) is 15.6. The molecule has 0 saturated heterocycles. The van der Waals surface area contributed by atoms with Gasteiger partial charge in [0.25, 0.3) is 0 Å². The van der Waals surface area contributed by atoms with Crippen molar-refractivity contribution >= 4 is 11.3 Å². The molecule has 0 aromatic carbocycles. The Balaban J connectivity index is 1.45. The summed E-state index contributed by atoms with van der Waals surface area (Å²) < 4.78 is 5.58. The average Bonchev–Trinajstić information content (AvgIpc) is 3.00. The van der Waals surface area contributed by atoms with Crippen LogP contribution < -0.4 is 0 Å². The van der Waals surface area contributed by atoms with Gasteiger partial charge in [-0.2, -0.15) is 0 Å². The van der Waals surface area contributed by atoms with E-state index in [2.05, 4.69) is 14.9 Å². The standard InChI is InChI=1S/C16H21N3O2S/c1-12-17-7-13-4-5-19(9-16(13)18-12)8-14(20)10-21-11-15-3-2-6-22-15/h2-3,6-7,14,20H,4-5,8-11H2,1H3. The topological polar surface area (TPSA) is 58.5 Å². The first-order chi connectivity index (χ1) is 10.7. The average molecular weight is 319 g/mol. The van der Waals surface area contributed by atoms with Crippen LogP contribution in [-0.2, 0) is 24.3 Å². The van der Waals surface area contributed by atoms with E-state index in [0.29, 0.717) is 19.8 Å². The molecule has 0 radical (unpaired) electrons. The van der Waals surface area contributed by atoms with Crippen molar-refractivity contribution in [2.24, 2.45) is 0 Å². The van der Waals surface area contributed by atoms with E-state index in [9.17, 15) is 5.11 Å². The number of hydrogen-bond donors (Lipinski definition) is 1. The molecule has 6 heteroatoms. The number of thiophene rings is 1. The summed E-state index contributed by atoms with van der Waals surface area (Å²) in [6, 6.07) is 4.05. The van der Waals surface area contributed by atoms with Crippen molar-refractivity contribution in [1.82, 2.24) is 14.9 Å². The van der Waals surface area contributed by atoms with Gasteiger partial charge >= 0.3 is 0 Å². The van der Waals surface area contributed by atoms with Crippen LogP contribution in [0, 0.1) is 6.92 Å². The van der Waals surface area contributed by atoms with E-state index in [1.54, 1.807) is 11.3 Å². The molecule has 1 atom stereocenters. The second-order valence-electron chi connectivity index (χ2n) is 5.62. The van der Waals surface area contributed by atoms with Crippen molar-refractivity contribution in [2.75, 3.05) is 19.7 Å². The third-order valence-corrected chi connectivity index (χ3v) is 4.60. The van der Waals surface area contributed by atoms with Crippen LogP contribution in [0.2, 0.25) is 0 Å². The lowest BCUT2D eigenvalue weighted by Crippen LogP contribution is -2.38. The number of aryl methyl sites for hydroxylation is 1. The summed E-state index contributed by atoms with van der Waals surface area (Å²) in [7, 11) is 0. The molecule has 1 unspecified atom stereocenters. The Bertz CT molecular complexity index is 603. The van der Waals surface area contributed by atoms with Gasteiger partial charge in [-0.05, 0) is 30.4 Å². The molecule has 1 aliphatic rings. The van der Waals surface area contributed by atoms with Crippen LogP contribution in [-0.4, -0.2) is 45.8 Å². The number of aliphatic hydroxyl groups excluding tert-OH is 1. The molecule has 0 amide bonds. The normalized spacial score (nSPS) is 16.5. The molecular formula is C16H21N3O2S. The van der Waals surface area contributed by atoms with Crippen LogP contribution in [0.5, 0.6) is 0 Å². The Morgan fingerprint density at radius 3 is 3.23 bits per heavy atom. The zero-order chi connectivity index (χ0) is 15.4. The highest BCUT2D eigenvalue weighted by molar-refractivity contribution is 7.09. The fourth-order valence-corrected chi connectivity index (χ4v) is 3.29. The maximum absolute atomic E-state index is 10.1. The van der Waals surface area contributed by atoms with Crippen molar-refractivity contribution < 1.29 is 9.84 Å². The molecular weight excluding hydrogens is 298 g/mol. The van der Waals surface area contributed by atoms with Gasteiger partial charge in [-0.1, -0.05) is 6.07 Å². The Morgan fingerprint density at radius 1 is 1.50 bits per heavy atom. The maximum Gasteiger partial charge on any atom is 0.125 e. The molecule has 1 N–H and O–H groups in total. The van der Waals surface area contributed by atoms with Crippen molar-refractivity contribution in [3.63, 3.8) is 0 Å². The second kappa shape index (κ2) is 7.28. The highest BCUT2D eigenvalue weighted by Crippen LogP contribution is 2.16. The van der Waals surface area contributed by atoms with Gasteiger partial charge in [0, 0.05) is 30.7 Å². The lowest BCUT2D eigenvalue weighted by molar-refractivity contribution is 0.00823. The maximum atomic E-state index is 10.1. The molecule has 0 aliphatic carbocycles. The smallest absolute Gasteiger partial charge is 0.125 e. The number of fused-ring (bicyclic) bond motifs is 1. The van der Waals surface area contributed by atoms with Gasteiger partial charge < -0.3 is 9.84 Å². The summed E-state index contributed by atoms with van der Waals surface area (Å²) in [5, 5.41) is 12.2. The monoisotopic (exact) mass is 319 g/mol. The van der Waals surface area contributed by atoms with Crippen LogP contribution in [0.25, 0.3) is 0 Å². The summed E-state index contributed by atoms with van der Waals surface area (Å²) in [5.74, 6) is 0.806. The first-order valence-electron chi connectivity index (χ1n) is 7.52. The molecule has 2 aromatic heterocycles. The Hall–Kier alpha value is -1.34. The van der Waals surface area contributed by atoms with E-state index in [1.165, 1.54) is 10.4 Å². The predicted molar refractivity (Wildman–Crippen MR) is 85.7 cm³/mol. The van der Waals surface area contributed by atoms with E-state index in [4.69, 9.17) is 4.74 Å². The predicted octanol–water partition coefficient (Wildman–Crippen LogP) is 1.78. The number of aromatic nitrogens is 2. The largest absolute Gasteiger partial charge is 0.389 e. The van der Waals surface area contributed by atoms with Gasteiger partial charge in [0.2, 0.25) is 0 Å². The third-order valence-electron chi connectivity index (χ3n) is 3.75. The van der Waals surface area contributed by atoms with Crippen LogP contribution >= 0.6 is 11.3 Å². The first-order valence-corrected chi connectivity index (χ1v) is 8.40. The van der Waals surface area contributed by atoms with Crippen molar-refractivity contribution in [2.45, 2.75) is 32.6 Å². The SMILES string of the molecule is Cc1ncc2c(n1)CN(CC(O)COCc1cccs1)CC2. The lowest BCUT2D eigenvalue weighted by Gasteiger charge is -2.29. The van der Waals surface area contributed by atoms with Gasteiger partial charge in [0.15, 0.2) is 0 Å². The van der Waals surface area contributed by atoms with Crippen molar-refractivity contribution in [1.29, 1.82) is 0 Å². The second-order valence-corrected chi connectivity index (χ2v) is 6.65. The minimum atomic E-state index is -0.468. The highest BCUT2D eigenvalue weighted by Gasteiger charge is 2.20. The molecule has 0 bridgehead atoms. The summed E-state index contributed by atoms with van der Waals surface area (Å²) in [5.41, 5.74) is 2.32. The molecule has 1 aliphatic heterocycles. The lowest BCUT2D eigenvalue weighted by atomic mass is 10.1. The van der Waals surface area contributed by atoms with Crippen LogP contribution in [0.4, 0.5) is 0 Å². The zero-order valence-corrected chi connectivity index (χ0v) is 13.6. The van der Waals surface area contributed by atoms with Crippen LogP contribution in [0.15, 0.2) is 23.7 Å². The van der Waals surface area contributed by atoms with E-state index in [0.717, 1.165) is 31.0 Å². The number of ether oxygens (including phenoxy) is 1. The molecule has 5 nitrogen and oxygen atoms in total. The summed E-state index contributed by atoms with van der Waals surface area (Å²) in [6.07, 6.45) is 2.40. The molecule has 3 heterocycles.